The molecule has 1 aromatic carbocycles. The molecular formula is C11H11N3O2. The van der Waals surface area contributed by atoms with Crippen molar-refractivity contribution in [2.75, 3.05) is 5.32 Å². The van der Waals surface area contributed by atoms with Crippen molar-refractivity contribution in [1.29, 1.82) is 0 Å². The minimum Gasteiger partial charge on any atom is -0.493 e. The smallest absolute Gasteiger partial charge is 0.256 e. The van der Waals surface area contributed by atoms with Gasteiger partial charge in [0.05, 0.1) is 6.07 Å². The van der Waals surface area contributed by atoms with E-state index in [-0.39, 0.29) is 11.8 Å². The number of nitrogens with zero attached hydrogens (tertiary/aromatic N) is 1. The Morgan fingerprint density at radius 1 is 1.38 bits per heavy atom. The van der Waals surface area contributed by atoms with E-state index >= 15 is 0 Å². The van der Waals surface area contributed by atoms with Crippen LogP contribution in [0.2, 0.25) is 0 Å². The molecule has 2 aromatic rings. The van der Waals surface area contributed by atoms with Gasteiger partial charge >= 0.3 is 0 Å². The lowest BCUT2D eigenvalue weighted by Crippen LogP contribution is -2.08. The van der Waals surface area contributed by atoms with Gasteiger partial charge in [0.1, 0.15) is 0 Å². The molecule has 0 aliphatic rings. The van der Waals surface area contributed by atoms with Gasteiger partial charge in [-0.2, -0.15) is 4.98 Å². The van der Waals surface area contributed by atoms with Gasteiger partial charge in [0.2, 0.25) is 11.8 Å². The van der Waals surface area contributed by atoms with Crippen molar-refractivity contribution < 1.29 is 5.11 Å². The Morgan fingerprint density at radius 3 is 2.88 bits per heavy atom. The van der Waals surface area contributed by atoms with Crippen molar-refractivity contribution in [3.63, 3.8) is 0 Å². The van der Waals surface area contributed by atoms with Crippen molar-refractivity contribution in [2.24, 2.45) is 0 Å². The zero-order valence-corrected chi connectivity index (χ0v) is 8.69. The fraction of sp³-hybridized carbons (Fsp3) is 0.0909. The minimum absolute atomic E-state index is 0.218. The molecule has 16 heavy (non-hydrogen) atoms. The number of aromatic amines is 1. The van der Waals surface area contributed by atoms with E-state index in [0.717, 1.165) is 17.3 Å². The molecule has 5 nitrogen and oxygen atoms in total. The third kappa shape index (κ3) is 2.38. The molecule has 0 radical (unpaired) electrons. The number of aromatic nitrogens is 2. The predicted octanol–water partition coefficient (Wildman–Crippen LogP) is 1.53. The molecule has 0 bridgehead atoms. The highest BCUT2D eigenvalue weighted by Gasteiger charge is 2.00. The summed E-state index contributed by atoms with van der Waals surface area (Å²) in [6, 6.07) is 8.62. The van der Waals surface area contributed by atoms with E-state index in [0.29, 0.717) is 0 Å². The zero-order chi connectivity index (χ0) is 11.5. The van der Waals surface area contributed by atoms with Gasteiger partial charge in [-0.1, -0.05) is 12.1 Å². The molecule has 0 aliphatic heterocycles. The Hall–Kier alpha value is -2.30. The zero-order valence-electron chi connectivity index (χ0n) is 8.69. The van der Waals surface area contributed by atoms with Gasteiger partial charge in [0.15, 0.2) is 0 Å². The quantitative estimate of drug-likeness (QED) is 0.712. The fourth-order valence-corrected chi connectivity index (χ4v) is 1.36. The lowest BCUT2D eigenvalue weighted by atomic mass is 10.2. The molecule has 0 amide bonds. The number of anilines is 2. The summed E-state index contributed by atoms with van der Waals surface area (Å²) in [4.78, 5) is 17.3. The van der Waals surface area contributed by atoms with Crippen molar-refractivity contribution in [3.8, 4) is 5.88 Å². The number of nitrogens with one attached hydrogen (secondary N) is 2. The first-order chi connectivity index (χ1) is 7.63. The summed E-state index contributed by atoms with van der Waals surface area (Å²) in [5.41, 5.74) is 1.49. The Balaban J connectivity index is 2.30. The second-order valence-electron chi connectivity index (χ2n) is 3.45. The van der Waals surface area contributed by atoms with Gasteiger partial charge in [-0.3, -0.25) is 9.78 Å². The van der Waals surface area contributed by atoms with Gasteiger partial charge in [-0.15, -0.1) is 0 Å². The van der Waals surface area contributed by atoms with Crippen LogP contribution in [0.25, 0.3) is 0 Å². The number of rotatable bonds is 2. The van der Waals surface area contributed by atoms with Crippen LogP contribution in [-0.2, 0) is 0 Å². The molecule has 5 heteroatoms. The van der Waals surface area contributed by atoms with Crippen LogP contribution in [0.15, 0.2) is 35.1 Å². The minimum atomic E-state index is -0.400. The van der Waals surface area contributed by atoms with E-state index in [1.165, 1.54) is 0 Å². The third-order valence-corrected chi connectivity index (χ3v) is 2.01. The summed E-state index contributed by atoms with van der Waals surface area (Å²) in [5.74, 6) is -0.0884. The van der Waals surface area contributed by atoms with Gasteiger partial charge in [-0.25, -0.2) is 0 Å². The summed E-state index contributed by atoms with van der Waals surface area (Å²) in [6.07, 6.45) is 0. The topological polar surface area (TPSA) is 78.0 Å². The molecule has 0 spiro atoms. The number of H-pyrrole nitrogens is 1. The number of benzene rings is 1. The van der Waals surface area contributed by atoms with Gasteiger partial charge in [0.25, 0.3) is 5.56 Å². The third-order valence-electron chi connectivity index (χ3n) is 2.01. The lowest BCUT2D eigenvalue weighted by Gasteiger charge is -2.05. The van der Waals surface area contributed by atoms with Crippen LogP contribution in [0.4, 0.5) is 11.6 Å². The SMILES string of the molecule is Cc1cccc(Nc2nc(O)cc(=O)[nH]2)c1. The molecule has 3 N–H and O–H groups in total. The summed E-state index contributed by atoms with van der Waals surface area (Å²) in [7, 11) is 0. The van der Waals surface area contributed by atoms with Crippen LogP contribution < -0.4 is 10.9 Å². The van der Waals surface area contributed by atoms with Crippen molar-refractivity contribution in [1.82, 2.24) is 9.97 Å². The normalized spacial score (nSPS) is 10.1. The average Bonchev–Trinajstić information content (AvgIpc) is 2.15. The van der Waals surface area contributed by atoms with Crippen LogP contribution >= 0.6 is 0 Å². The highest BCUT2D eigenvalue weighted by atomic mass is 16.3. The lowest BCUT2D eigenvalue weighted by molar-refractivity contribution is 0.452. The van der Waals surface area contributed by atoms with Crippen LogP contribution in [0.1, 0.15) is 5.56 Å². The molecule has 0 saturated carbocycles. The summed E-state index contributed by atoms with van der Waals surface area (Å²) >= 11 is 0. The monoisotopic (exact) mass is 217 g/mol. The number of aromatic hydroxyl groups is 1. The summed E-state index contributed by atoms with van der Waals surface area (Å²) in [6.45, 7) is 1.96. The number of hydrogen-bond acceptors (Lipinski definition) is 4. The second kappa shape index (κ2) is 4.06. The van der Waals surface area contributed by atoms with Crippen molar-refractivity contribution in [3.05, 3.63) is 46.2 Å². The van der Waals surface area contributed by atoms with Crippen LogP contribution in [0, 0.1) is 6.92 Å². The Kier molecular flexibility index (Phi) is 2.59. The maximum Gasteiger partial charge on any atom is 0.256 e. The predicted molar refractivity (Wildman–Crippen MR) is 61.0 cm³/mol. The van der Waals surface area contributed by atoms with E-state index in [1.54, 1.807) is 0 Å². The molecule has 1 aromatic heterocycles. The van der Waals surface area contributed by atoms with E-state index < -0.39 is 5.56 Å². The molecular weight excluding hydrogens is 206 g/mol. The Labute approximate surface area is 91.8 Å². The van der Waals surface area contributed by atoms with Crippen molar-refractivity contribution >= 4 is 11.6 Å². The summed E-state index contributed by atoms with van der Waals surface area (Å²) < 4.78 is 0. The first-order valence-corrected chi connectivity index (χ1v) is 4.77. The Morgan fingerprint density at radius 2 is 2.19 bits per heavy atom. The van der Waals surface area contributed by atoms with Crippen LogP contribution in [0.3, 0.4) is 0 Å². The van der Waals surface area contributed by atoms with E-state index in [9.17, 15) is 4.79 Å². The van der Waals surface area contributed by atoms with Crippen molar-refractivity contribution in [2.45, 2.75) is 6.92 Å². The summed E-state index contributed by atoms with van der Waals surface area (Å²) in [5, 5.41) is 12.1. The molecule has 0 saturated heterocycles. The molecule has 2 rings (SSSR count). The molecule has 0 unspecified atom stereocenters. The molecule has 0 fully saturated rings. The van der Waals surface area contributed by atoms with Gasteiger partial charge in [-0.05, 0) is 24.6 Å². The van der Waals surface area contributed by atoms with E-state index in [1.807, 2.05) is 31.2 Å². The highest BCUT2D eigenvalue weighted by molar-refractivity contribution is 5.54. The average molecular weight is 217 g/mol. The maximum absolute atomic E-state index is 11.1. The fourth-order valence-electron chi connectivity index (χ4n) is 1.36. The maximum atomic E-state index is 11.1. The molecule has 1 heterocycles. The van der Waals surface area contributed by atoms with Crippen LogP contribution in [0.5, 0.6) is 5.88 Å². The first kappa shape index (κ1) is 10.2. The molecule has 82 valence electrons. The van der Waals surface area contributed by atoms with Gasteiger partial charge in [0, 0.05) is 5.69 Å². The standard InChI is InChI=1S/C11H11N3O2/c1-7-3-2-4-8(5-7)12-11-13-9(15)6-10(16)14-11/h2-6H,1H3,(H3,12,13,14,15,16). The second-order valence-corrected chi connectivity index (χ2v) is 3.45. The van der Waals surface area contributed by atoms with Crippen LogP contribution in [-0.4, -0.2) is 15.1 Å². The highest BCUT2D eigenvalue weighted by Crippen LogP contribution is 2.14. The Bertz CT molecular complexity index is 563. The molecule has 0 aliphatic carbocycles. The number of aryl methyl sites for hydroxylation is 1. The largest absolute Gasteiger partial charge is 0.493 e. The first-order valence-electron chi connectivity index (χ1n) is 4.77. The molecule has 0 atom stereocenters. The van der Waals surface area contributed by atoms with Gasteiger partial charge < -0.3 is 10.4 Å². The van der Waals surface area contributed by atoms with E-state index in [4.69, 9.17) is 5.11 Å². The van der Waals surface area contributed by atoms with E-state index in [2.05, 4.69) is 15.3 Å². The number of hydrogen-bond donors (Lipinski definition) is 3.